The zero-order valence-electron chi connectivity index (χ0n) is 7.98. The van der Waals surface area contributed by atoms with E-state index >= 15 is 0 Å². The van der Waals surface area contributed by atoms with Crippen LogP contribution in [0.5, 0.6) is 5.75 Å². The quantitative estimate of drug-likeness (QED) is 0.746. The number of halogens is 5. The minimum atomic E-state index is -4.65. The Bertz CT molecular complexity index is 420. The first-order chi connectivity index (χ1) is 7.34. The van der Waals surface area contributed by atoms with Crippen LogP contribution < -0.4 is 4.74 Å². The lowest BCUT2D eigenvalue weighted by Gasteiger charge is -2.07. The Balaban J connectivity index is 3.15. The van der Waals surface area contributed by atoms with E-state index in [4.69, 9.17) is 16.3 Å². The van der Waals surface area contributed by atoms with Gasteiger partial charge >= 0.3 is 6.18 Å². The van der Waals surface area contributed by atoms with E-state index in [1.165, 1.54) is 19.2 Å². The van der Waals surface area contributed by atoms with Crippen LogP contribution in [0.3, 0.4) is 0 Å². The Morgan fingerprint density at radius 2 is 2.06 bits per heavy atom. The summed E-state index contributed by atoms with van der Waals surface area (Å²) in [5.74, 6) is 0.205. The summed E-state index contributed by atoms with van der Waals surface area (Å²) in [7, 11) is 1.34. The van der Waals surface area contributed by atoms with Gasteiger partial charge in [-0.25, -0.2) is 4.99 Å². The molecule has 1 aromatic rings. The molecule has 0 saturated heterocycles. The number of methoxy groups -OCH3 is 1. The maximum atomic E-state index is 12.1. The van der Waals surface area contributed by atoms with E-state index in [0.29, 0.717) is 4.47 Å². The molecule has 0 aliphatic rings. The highest BCUT2D eigenvalue weighted by atomic mass is 79.9. The summed E-state index contributed by atoms with van der Waals surface area (Å²) in [5.41, 5.74) is 0.0213. The molecule has 0 amide bonds. The predicted molar refractivity (Wildman–Crippen MR) is 59.7 cm³/mol. The maximum Gasteiger partial charge on any atom is 0.444 e. The third-order valence-corrected chi connectivity index (χ3v) is 2.39. The third-order valence-electron chi connectivity index (χ3n) is 1.59. The molecule has 88 valence electrons. The molecule has 0 unspecified atom stereocenters. The highest BCUT2D eigenvalue weighted by Gasteiger charge is 2.34. The third kappa shape index (κ3) is 3.38. The first kappa shape index (κ1) is 13.3. The van der Waals surface area contributed by atoms with Gasteiger partial charge in [-0.3, -0.25) is 0 Å². The molecule has 0 radical (unpaired) electrons. The van der Waals surface area contributed by atoms with Gasteiger partial charge in [0.1, 0.15) is 11.4 Å². The van der Waals surface area contributed by atoms with Gasteiger partial charge in [0.05, 0.1) is 7.11 Å². The molecule has 1 rings (SSSR count). The number of benzene rings is 1. The molecule has 0 heterocycles. The van der Waals surface area contributed by atoms with Crippen molar-refractivity contribution in [3.8, 4) is 5.75 Å². The van der Waals surface area contributed by atoms with Crippen LogP contribution in [0.4, 0.5) is 18.9 Å². The Morgan fingerprint density at radius 1 is 1.44 bits per heavy atom. The molecule has 0 aliphatic heterocycles. The Morgan fingerprint density at radius 3 is 2.56 bits per heavy atom. The molecule has 0 aromatic heterocycles. The van der Waals surface area contributed by atoms with Crippen LogP contribution in [0, 0.1) is 0 Å². The predicted octanol–water partition coefficient (Wildman–Crippen LogP) is 4.29. The molecule has 0 atom stereocenters. The first-order valence-electron chi connectivity index (χ1n) is 3.99. The van der Waals surface area contributed by atoms with Crippen LogP contribution in [0.1, 0.15) is 0 Å². The van der Waals surface area contributed by atoms with Crippen molar-refractivity contribution >= 4 is 38.4 Å². The number of alkyl halides is 3. The Hall–Kier alpha value is -0.750. The zero-order chi connectivity index (χ0) is 12.3. The number of rotatable bonds is 2. The summed E-state index contributed by atoms with van der Waals surface area (Å²) in [4.78, 5) is 3.25. The Labute approximate surface area is 103 Å². The van der Waals surface area contributed by atoms with Gasteiger partial charge in [0.15, 0.2) is 0 Å². The highest BCUT2D eigenvalue weighted by molar-refractivity contribution is 9.10. The van der Waals surface area contributed by atoms with Crippen molar-refractivity contribution < 1.29 is 17.9 Å². The number of nitrogens with zero attached hydrogens (tertiary/aromatic N) is 1. The standard InChI is InChI=1S/C9H6BrClF3NO/c1-16-7-4-5(10)2-3-6(7)15-8(11)9(12,13)14/h2-4H,1H3. The average molecular weight is 317 g/mol. The van der Waals surface area contributed by atoms with E-state index in [1.807, 2.05) is 0 Å². The summed E-state index contributed by atoms with van der Waals surface area (Å²) in [6, 6.07) is 4.41. The monoisotopic (exact) mass is 315 g/mol. The van der Waals surface area contributed by atoms with E-state index in [2.05, 4.69) is 20.9 Å². The summed E-state index contributed by atoms with van der Waals surface area (Å²) in [6.07, 6.45) is -4.65. The van der Waals surface area contributed by atoms with Crippen LogP contribution in [0.25, 0.3) is 0 Å². The van der Waals surface area contributed by atoms with Crippen LogP contribution >= 0.6 is 27.5 Å². The molecule has 2 nitrogen and oxygen atoms in total. The number of ether oxygens (including phenoxy) is 1. The normalized spacial score (nSPS) is 12.8. The van der Waals surface area contributed by atoms with E-state index in [9.17, 15) is 13.2 Å². The van der Waals surface area contributed by atoms with E-state index in [-0.39, 0.29) is 11.4 Å². The Kier molecular flexibility index (Phi) is 4.21. The average Bonchev–Trinajstić information content (AvgIpc) is 2.19. The second-order valence-electron chi connectivity index (χ2n) is 2.72. The fourth-order valence-corrected chi connectivity index (χ4v) is 1.34. The van der Waals surface area contributed by atoms with Crippen molar-refractivity contribution in [1.82, 2.24) is 0 Å². The largest absolute Gasteiger partial charge is 0.494 e. The molecular weight excluding hydrogens is 310 g/mol. The SMILES string of the molecule is COc1cc(Br)ccc1N=C(Cl)C(F)(F)F. The van der Waals surface area contributed by atoms with Crippen molar-refractivity contribution in [1.29, 1.82) is 0 Å². The van der Waals surface area contributed by atoms with Gasteiger partial charge in [-0.1, -0.05) is 27.5 Å². The van der Waals surface area contributed by atoms with Crippen LogP contribution in [0.15, 0.2) is 27.7 Å². The molecule has 0 spiro atoms. The summed E-state index contributed by atoms with van der Waals surface area (Å²) >= 11 is 8.18. The van der Waals surface area contributed by atoms with Gasteiger partial charge in [0.2, 0.25) is 5.17 Å². The number of hydrogen-bond donors (Lipinski definition) is 0. The van der Waals surface area contributed by atoms with Gasteiger partial charge in [-0.15, -0.1) is 0 Å². The molecule has 0 saturated carbocycles. The smallest absolute Gasteiger partial charge is 0.444 e. The van der Waals surface area contributed by atoms with Crippen LogP contribution in [-0.2, 0) is 0 Å². The second-order valence-corrected chi connectivity index (χ2v) is 3.99. The summed E-state index contributed by atoms with van der Waals surface area (Å²) in [5, 5.41) is -1.44. The first-order valence-corrected chi connectivity index (χ1v) is 5.16. The molecule has 1 aromatic carbocycles. The van der Waals surface area contributed by atoms with Crippen molar-refractivity contribution in [2.75, 3.05) is 7.11 Å². The fraction of sp³-hybridized carbons (Fsp3) is 0.222. The van der Waals surface area contributed by atoms with Gasteiger partial charge in [-0.2, -0.15) is 13.2 Å². The van der Waals surface area contributed by atoms with Crippen LogP contribution in [0.2, 0.25) is 0 Å². The van der Waals surface area contributed by atoms with Gasteiger partial charge in [-0.05, 0) is 18.2 Å². The molecular formula is C9H6BrClF3NO. The molecule has 0 fully saturated rings. The molecule has 16 heavy (non-hydrogen) atoms. The van der Waals surface area contributed by atoms with Crippen LogP contribution in [-0.4, -0.2) is 18.5 Å². The highest BCUT2D eigenvalue weighted by Crippen LogP contribution is 2.32. The molecule has 0 bridgehead atoms. The summed E-state index contributed by atoms with van der Waals surface area (Å²) in [6.45, 7) is 0. The lowest BCUT2D eigenvalue weighted by atomic mass is 10.3. The minimum absolute atomic E-state index is 0.0213. The van der Waals surface area contributed by atoms with E-state index in [1.54, 1.807) is 6.07 Å². The molecule has 0 aliphatic carbocycles. The van der Waals surface area contributed by atoms with Crippen molar-refractivity contribution in [3.05, 3.63) is 22.7 Å². The summed E-state index contributed by atoms with van der Waals surface area (Å²) < 4.78 is 42.0. The zero-order valence-corrected chi connectivity index (χ0v) is 10.3. The van der Waals surface area contributed by atoms with Crippen molar-refractivity contribution in [2.45, 2.75) is 6.18 Å². The molecule has 0 N–H and O–H groups in total. The second kappa shape index (κ2) is 5.05. The van der Waals surface area contributed by atoms with Gasteiger partial charge in [0, 0.05) is 4.47 Å². The number of aliphatic imine (C=N–C) groups is 1. The minimum Gasteiger partial charge on any atom is -0.494 e. The fourth-order valence-electron chi connectivity index (χ4n) is 0.913. The maximum absolute atomic E-state index is 12.1. The van der Waals surface area contributed by atoms with Gasteiger partial charge < -0.3 is 4.74 Å². The number of hydrogen-bond acceptors (Lipinski definition) is 2. The lowest BCUT2D eigenvalue weighted by Crippen LogP contribution is -2.16. The van der Waals surface area contributed by atoms with E-state index in [0.717, 1.165) is 0 Å². The van der Waals surface area contributed by atoms with Crippen molar-refractivity contribution in [3.63, 3.8) is 0 Å². The van der Waals surface area contributed by atoms with E-state index < -0.39 is 11.3 Å². The lowest BCUT2D eigenvalue weighted by molar-refractivity contribution is -0.0558. The van der Waals surface area contributed by atoms with Gasteiger partial charge in [0.25, 0.3) is 0 Å². The van der Waals surface area contributed by atoms with Crippen molar-refractivity contribution in [2.24, 2.45) is 4.99 Å². The topological polar surface area (TPSA) is 21.6 Å². The molecule has 7 heteroatoms.